The van der Waals surface area contributed by atoms with Crippen molar-refractivity contribution >= 4 is 0 Å². The number of aromatic nitrogens is 1. The molecule has 1 atom stereocenters. The molecule has 0 radical (unpaired) electrons. The Morgan fingerprint density at radius 3 is 3.00 bits per heavy atom. The molecule has 1 N–H and O–H groups in total. The van der Waals surface area contributed by atoms with Gasteiger partial charge in [0.1, 0.15) is 5.76 Å². The molecule has 1 rings (SSSR count). The Kier molecular flexibility index (Phi) is 3.29. The maximum Gasteiger partial charge on any atom is 0.142 e. The third-order valence-corrected chi connectivity index (χ3v) is 1.84. The molecular formula is C9H15NO2. The van der Waals surface area contributed by atoms with Gasteiger partial charge in [-0.05, 0) is 6.42 Å². The van der Waals surface area contributed by atoms with E-state index in [-0.39, 0.29) is 12.5 Å². The third-order valence-electron chi connectivity index (χ3n) is 1.84. The number of rotatable bonds is 4. The second-order valence-electron chi connectivity index (χ2n) is 3.05. The standard InChI is InChI=1S/C9H15NO2/c1-3-4-8-5-9(12-10-8)7(2)6-11/h5,7,11H,3-4,6H2,1-2H3. The number of aryl methyl sites for hydroxylation is 1. The summed E-state index contributed by atoms with van der Waals surface area (Å²) in [4.78, 5) is 0. The van der Waals surface area contributed by atoms with E-state index in [2.05, 4.69) is 12.1 Å². The summed E-state index contributed by atoms with van der Waals surface area (Å²) < 4.78 is 5.06. The van der Waals surface area contributed by atoms with Crippen molar-refractivity contribution in [2.24, 2.45) is 0 Å². The van der Waals surface area contributed by atoms with Crippen LogP contribution in [0.4, 0.5) is 0 Å². The summed E-state index contributed by atoms with van der Waals surface area (Å²) in [5.74, 6) is 0.837. The van der Waals surface area contributed by atoms with Crippen LogP contribution in [0.5, 0.6) is 0 Å². The van der Waals surface area contributed by atoms with Crippen molar-refractivity contribution in [2.75, 3.05) is 6.61 Å². The van der Waals surface area contributed by atoms with Crippen molar-refractivity contribution in [1.82, 2.24) is 5.16 Å². The Bertz CT molecular complexity index is 232. The first-order valence-electron chi connectivity index (χ1n) is 4.34. The zero-order valence-corrected chi connectivity index (χ0v) is 7.58. The largest absolute Gasteiger partial charge is 0.396 e. The first-order chi connectivity index (χ1) is 5.77. The maximum absolute atomic E-state index is 8.84. The fraction of sp³-hybridized carbons (Fsp3) is 0.667. The van der Waals surface area contributed by atoms with Crippen LogP contribution < -0.4 is 0 Å². The zero-order chi connectivity index (χ0) is 8.97. The minimum absolute atomic E-state index is 0.0584. The summed E-state index contributed by atoms with van der Waals surface area (Å²) in [6, 6.07) is 1.92. The van der Waals surface area contributed by atoms with Gasteiger partial charge in [-0.2, -0.15) is 0 Å². The van der Waals surface area contributed by atoms with E-state index in [1.807, 2.05) is 13.0 Å². The minimum Gasteiger partial charge on any atom is -0.396 e. The highest BCUT2D eigenvalue weighted by Crippen LogP contribution is 2.15. The minimum atomic E-state index is 0.0584. The molecule has 0 aromatic carbocycles. The average molecular weight is 169 g/mol. The molecule has 3 nitrogen and oxygen atoms in total. The van der Waals surface area contributed by atoms with E-state index in [4.69, 9.17) is 9.63 Å². The number of aliphatic hydroxyl groups is 1. The van der Waals surface area contributed by atoms with Gasteiger partial charge in [-0.1, -0.05) is 25.4 Å². The molecule has 68 valence electrons. The molecule has 1 heterocycles. The lowest BCUT2D eigenvalue weighted by atomic mass is 10.1. The van der Waals surface area contributed by atoms with E-state index < -0.39 is 0 Å². The van der Waals surface area contributed by atoms with Crippen molar-refractivity contribution in [3.05, 3.63) is 17.5 Å². The molecule has 0 fully saturated rings. The molecule has 0 spiro atoms. The number of aliphatic hydroxyl groups excluding tert-OH is 1. The van der Waals surface area contributed by atoms with Gasteiger partial charge < -0.3 is 9.63 Å². The monoisotopic (exact) mass is 169 g/mol. The van der Waals surface area contributed by atoms with E-state index in [0.717, 1.165) is 24.3 Å². The lowest BCUT2D eigenvalue weighted by Crippen LogP contribution is -1.96. The quantitative estimate of drug-likeness (QED) is 0.746. The third kappa shape index (κ3) is 2.08. The van der Waals surface area contributed by atoms with E-state index >= 15 is 0 Å². The van der Waals surface area contributed by atoms with Gasteiger partial charge in [0.2, 0.25) is 0 Å². The number of hydrogen-bond donors (Lipinski definition) is 1. The van der Waals surface area contributed by atoms with E-state index in [1.54, 1.807) is 0 Å². The van der Waals surface area contributed by atoms with E-state index in [1.165, 1.54) is 0 Å². The maximum atomic E-state index is 8.84. The fourth-order valence-electron chi connectivity index (χ4n) is 1.02. The Morgan fingerprint density at radius 1 is 1.67 bits per heavy atom. The Labute approximate surface area is 72.4 Å². The molecule has 0 amide bonds. The number of hydrogen-bond acceptors (Lipinski definition) is 3. The predicted octanol–water partition coefficient (Wildman–Crippen LogP) is 1.72. The molecule has 0 saturated heterocycles. The van der Waals surface area contributed by atoms with Crippen LogP contribution in [-0.2, 0) is 6.42 Å². The summed E-state index contributed by atoms with van der Waals surface area (Å²) >= 11 is 0. The van der Waals surface area contributed by atoms with Gasteiger partial charge in [-0.25, -0.2) is 0 Å². The summed E-state index contributed by atoms with van der Waals surface area (Å²) in [6.45, 7) is 4.13. The number of nitrogens with zero attached hydrogens (tertiary/aromatic N) is 1. The van der Waals surface area contributed by atoms with Gasteiger partial charge in [0.15, 0.2) is 0 Å². The molecule has 0 aliphatic heterocycles. The van der Waals surface area contributed by atoms with Gasteiger partial charge >= 0.3 is 0 Å². The highest BCUT2D eigenvalue weighted by atomic mass is 16.5. The van der Waals surface area contributed by atoms with Crippen LogP contribution >= 0.6 is 0 Å². The molecule has 12 heavy (non-hydrogen) atoms. The van der Waals surface area contributed by atoms with E-state index in [9.17, 15) is 0 Å². The summed E-state index contributed by atoms with van der Waals surface area (Å²) in [7, 11) is 0. The van der Waals surface area contributed by atoms with Gasteiger partial charge in [0, 0.05) is 12.0 Å². The SMILES string of the molecule is CCCc1cc(C(C)CO)on1. The summed E-state index contributed by atoms with van der Waals surface area (Å²) in [5, 5.41) is 12.7. The Morgan fingerprint density at radius 2 is 2.42 bits per heavy atom. The molecule has 0 saturated carbocycles. The fourth-order valence-corrected chi connectivity index (χ4v) is 1.02. The second-order valence-corrected chi connectivity index (χ2v) is 3.05. The van der Waals surface area contributed by atoms with Gasteiger partial charge in [-0.3, -0.25) is 0 Å². The van der Waals surface area contributed by atoms with Crippen LogP contribution in [0, 0.1) is 0 Å². The van der Waals surface area contributed by atoms with Crippen molar-refractivity contribution in [2.45, 2.75) is 32.6 Å². The van der Waals surface area contributed by atoms with Gasteiger partial charge in [0.25, 0.3) is 0 Å². The van der Waals surface area contributed by atoms with Crippen molar-refractivity contribution in [3.63, 3.8) is 0 Å². The molecule has 0 aliphatic rings. The Hall–Kier alpha value is -0.830. The smallest absolute Gasteiger partial charge is 0.142 e. The van der Waals surface area contributed by atoms with Crippen LogP contribution in [0.2, 0.25) is 0 Å². The first-order valence-corrected chi connectivity index (χ1v) is 4.34. The molecule has 1 unspecified atom stereocenters. The topological polar surface area (TPSA) is 46.3 Å². The molecule has 3 heteroatoms. The van der Waals surface area contributed by atoms with Gasteiger partial charge in [0.05, 0.1) is 12.3 Å². The summed E-state index contributed by atoms with van der Waals surface area (Å²) in [5.41, 5.74) is 0.979. The van der Waals surface area contributed by atoms with Crippen molar-refractivity contribution in [1.29, 1.82) is 0 Å². The van der Waals surface area contributed by atoms with Crippen LogP contribution in [0.15, 0.2) is 10.6 Å². The van der Waals surface area contributed by atoms with Gasteiger partial charge in [-0.15, -0.1) is 0 Å². The predicted molar refractivity (Wildman–Crippen MR) is 46.0 cm³/mol. The molecule has 1 aromatic rings. The average Bonchev–Trinajstić information content (AvgIpc) is 2.52. The van der Waals surface area contributed by atoms with Crippen molar-refractivity contribution < 1.29 is 9.63 Å². The van der Waals surface area contributed by atoms with Crippen LogP contribution in [0.3, 0.4) is 0 Å². The van der Waals surface area contributed by atoms with Crippen molar-refractivity contribution in [3.8, 4) is 0 Å². The Balaban J connectivity index is 2.63. The first kappa shape index (κ1) is 9.26. The normalized spacial score (nSPS) is 13.2. The van der Waals surface area contributed by atoms with Crippen LogP contribution in [-0.4, -0.2) is 16.9 Å². The highest BCUT2D eigenvalue weighted by molar-refractivity contribution is 5.09. The lowest BCUT2D eigenvalue weighted by molar-refractivity contribution is 0.246. The molecular weight excluding hydrogens is 154 g/mol. The summed E-state index contributed by atoms with van der Waals surface area (Å²) in [6.07, 6.45) is 2.02. The lowest BCUT2D eigenvalue weighted by Gasteiger charge is -1.99. The molecule has 0 bridgehead atoms. The molecule has 0 aliphatic carbocycles. The second kappa shape index (κ2) is 4.26. The highest BCUT2D eigenvalue weighted by Gasteiger charge is 2.10. The van der Waals surface area contributed by atoms with E-state index in [0.29, 0.717) is 0 Å². The van der Waals surface area contributed by atoms with Crippen LogP contribution in [0.1, 0.15) is 37.6 Å². The van der Waals surface area contributed by atoms with Crippen LogP contribution in [0.25, 0.3) is 0 Å². The molecule has 1 aromatic heterocycles. The zero-order valence-electron chi connectivity index (χ0n) is 7.58.